The molecule has 0 aliphatic carbocycles. The van der Waals surface area contributed by atoms with Crippen molar-refractivity contribution in [2.45, 2.75) is 19.8 Å². The van der Waals surface area contributed by atoms with Crippen LogP contribution in [0, 0.1) is 0 Å². The first-order valence-electron chi connectivity index (χ1n) is 9.39. The van der Waals surface area contributed by atoms with Crippen molar-refractivity contribution in [3.63, 3.8) is 0 Å². The van der Waals surface area contributed by atoms with Crippen molar-refractivity contribution in [2.75, 3.05) is 6.61 Å². The molecule has 0 aromatic heterocycles. The summed E-state index contributed by atoms with van der Waals surface area (Å²) in [6, 6.07) is 23.8. The van der Waals surface area contributed by atoms with Crippen LogP contribution in [0.1, 0.15) is 35.7 Å². The Morgan fingerprint density at radius 3 is 2.29 bits per heavy atom. The van der Waals surface area contributed by atoms with Crippen LogP contribution in [0.2, 0.25) is 0 Å². The summed E-state index contributed by atoms with van der Waals surface area (Å²) in [5, 5.41) is 0. The summed E-state index contributed by atoms with van der Waals surface area (Å²) in [5.74, 6) is 1.00. The number of carbonyl (C=O) groups is 1. The van der Waals surface area contributed by atoms with Gasteiger partial charge in [0.25, 0.3) is 0 Å². The predicted molar refractivity (Wildman–Crippen MR) is 112 cm³/mol. The summed E-state index contributed by atoms with van der Waals surface area (Å²) in [6.45, 7) is 2.88. The van der Waals surface area contributed by atoms with Crippen LogP contribution in [0.25, 0.3) is 0 Å². The van der Waals surface area contributed by atoms with Gasteiger partial charge in [0, 0.05) is 6.21 Å². The molecule has 0 aliphatic heterocycles. The van der Waals surface area contributed by atoms with Gasteiger partial charge in [0.15, 0.2) is 0 Å². The predicted octanol–water partition coefficient (Wildman–Crippen LogP) is 5.84. The van der Waals surface area contributed by atoms with E-state index < -0.39 is 0 Å². The Morgan fingerprint density at radius 1 is 0.893 bits per heavy atom. The number of benzene rings is 3. The van der Waals surface area contributed by atoms with Crippen LogP contribution in [0.15, 0.2) is 83.9 Å². The van der Waals surface area contributed by atoms with Crippen LogP contribution in [-0.4, -0.2) is 18.8 Å². The smallest absolute Gasteiger partial charge is 0.343 e. The largest absolute Gasteiger partial charge is 0.494 e. The SMILES string of the molecule is CCCCOc1ccc(C=Nc2ccc(C(=O)Oc3ccccc3)cc2)cc1. The zero-order valence-electron chi connectivity index (χ0n) is 15.9. The van der Waals surface area contributed by atoms with Crippen LogP contribution in [0.3, 0.4) is 0 Å². The van der Waals surface area contributed by atoms with Gasteiger partial charge in [-0.25, -0.2) is 4.79 Å². The number of para-hydroxylation sites is 1. The molecule has 0 N–H and O–H groups in total. The highest BCUT2D eigenvalue weighted by atomic mass is 16.5. The first-order chi connectivity index (χ1) is 13.7. The summed E-state index contributed by atoms with van der Waals surface area (Å²) in [6.07, 6.45) is 3.96. The van der Waals surface area contributed by atoms with E-state index in [0.29, 0.717) is 11.3 Å². The van der Waals surface area contributed by atoms with Crippen molar-refractivity contribution in [2.24, 2.45) is 4.99 Å². The minimum atomic E-state index is -0.389. The van der Waals surface area contributed by atoms with Crippen molar-refractivity contribution in [3.8, 4) is 11.5 Å². The second-order valence-corrected chi connectivity index (χ2v) is 6.28. The third-order valence-electron chi connectivity index (χ3n) is 4.07. The van der Waals surface area contributed by atoms with Gasteiger partial charge in [-0.1, -0.05) is 31.5 Å². The molecule has 0 aliphatic rings. The lowest BCUT2D eigenvalue weighted by molar-refractivity contribution is 0.0735. The number of carbonyl (C=O) groups excluding carboxylic acids is 1. The molecule has 28 heavy (non-hydrogen) atoms. The van der Waals surface area contributed by atoms with Crippen molar-refractivity contribution in [1.29, 1.82) is 0 Å². The van der Waals surface area contributed by atoms with Gasteiger partial charge in [0.2, 0.25) is 0 Å². The molecule has 4 heteroatoms. The second-order valence-electron chi connectivity index (χ2n) is 6.28. The molecule has 0 fully saturated rings. The summed E-state index contributed by atoms with van der Waals surface area (Å²) in [5.41, 5.74) is 2.23. The van der Waals surface area contributed by atoms with Gasteiger partial charge in [-0.05, 0) is 72.6 Å². The van der Waals surface area contributed by atoms with E-state index in [1.54, 1.807) is 42.6 Å². The number of esters is 1. The fourth-order valence-electron chi connectivity index (χ4n) is 2.47. The summed E-state index contributed by atoms with van der Waals surface area (Å²) in [7, 11) is 0. The van der Waals surface area contributed by atoms with Crippen LogP contribution < -0.4 is 9.47 Å². The Balaban J connectivity index is 1.57. The lowest BCUT2D eigenvalue weighted by atomic mass is 10.2. The van der Waals surface area contributed by atoms with Gasteiger partial charge in [0.1, 0.15) is 11.5 Å². The molecule has 0 bridgehead atoms. The number of unbranched alkanes of at least 4 members (excludes halogenated alkanes) is 1. The molecule has 4 nitrogen and oxygen atoms in total. The van der Waals surface area contributed by atoms with E-state index in [2.05, 4.69) is 11.9 Å². The molecule has 0 amide bonds. The van der Waals surface area contributed by atoms with E-state index in [9.17, 15) is 4.79 Å². The first-order valence-corrected chi connectivity index (χ1v) is 9.39. The minimum absolute atomic E-state index is 0.389. The molecular formula is C24H23NO3. The Labute approximate surface area is 165 Å². The Kier molecular flexibility index (Phi) is 6.96. The maximum atomic E-state index is 12.2. The monoisotopic (exact) mass is 373 g/mol. The molecule has 0 saturated heterocycles. The molecule has 0 saturated carbocycles. The van der Waals surface area contributed by atoms with Gasteiger partial charge >= 0.3 is 5.97 Å². The molecule has 0 unspecified atom stereocenters. The zero-order valence-corrected chi connectivity index (χ0v) is 15.9. The number of hydrogen-bond acceptors (Lipinski definition) is 4. The van der Waals surface area contributed by atoms with Gasteiger partial charge in [-0.3, -0.25) is 4.99 Å². The fourth-order valence-corrected chi connectivity index (χ4v) is 2.47. The van der Waals surface area contributed by atoms with Gasteiger partial charge in [-0.2, -0.15) is 0 Å². The highest BCUT2D eigenvalue weighted by molar-refractivity contribution is 5.91. The lowest BCUT2D eigenvalue weighted by Crippen LogP contribution is -2.07. The second kappa shape index (κ2) is 10.1. The summed E-state index contributed by atoms with van der Waals surface area (Å²) < 4.78 is 11.0. The standard InChI is InChI=1S/C24H23NO3/c1-2-3-17-27-22-15-9-19(10-16-22)18-25-21-13-11-20(12-14-21)24(26)28-23-7-5-4-6-8-23/h4-16,18H,2-3,17H2,1H3. The van der Waals surface area contributed by atoms with Gasteiger partial charge < -0.3 is 9.47 Å². The summed E-state index contributed by atoms with van der Waals surface area (Å²) >= 11 is 0. The van der Waals surface area contributed by atoms with E-state index in [1.807, 2.05) is 42.5 Å². The topological polar surface area (TPSA) is 47.9 Å². The molecule has 0 atom stereocenters. The average Bonchev–Trinajstić information content (AvgIpc) is 2.74. The van der Waals surface area contributed by atoms with Crippen molar-refractivity contribution >= 4 is 17.9 Å². The van der Waals surface area contributed by atoms with E-state index in [-0.39, 0.29) is 5.97 Å². The molecule has 3 aromatic rings. The third kappa shape index (κ3) is 5.81. The minimum Gasteiger partial charge on any atom is -0.494 e. The number of nitrogens with zero attached hydrogens (tertiary/aromatic N) is 1. The van der Waals surface area contributed by atoms with E-state index >= 15 is 0 Å². The highest BCUT2D eigenvalue weighted by Crippen LogP contribution is 2.17. The molecule has 3 rings (SSSR count). The number of ether oxygens (including phenoxy) is 2. The Morgan fingerprint density at radius 2 is 1.61 bits per heavy atom. The van der Waals surface area contributed by atoms with E-state index in [0.717, 1.165) is 36.4 Å². The lowest BCUT2D eigenvalue weighted by Gasteiger charge is -2.05. The maximum Gasteiger partial charge on any atom is 0.343 e. The quantitative estimate of drug-likeness (QED) is 0.216. The maximum absolute atomic E-state index is 12.2. The first kappa shape index (κ1) is 19.4. The fraction of sp³-hybridized carbons (Fsp3) is 0.167. The average molecular weight is 373 g/mol. The molecule has 0 spiro atoms. The third-order valence-corrected chi connectivity index (χ3v) is 4.07. The highest BCUT2D eigenvalue weighted by Gasteiger charge is 2.07. The van der Waals surface area contributed by atoms with Crippen LogP contribution in [0.4, 0.5) is 5.69 Å². The van der Waals surface area contributed by atoms with E-state index in [4.69, 9.17) is 9.47 Å². The molecular weight excluding hydrogens is 350 g/mol. The van der Waals surface area contributed by atoms with Crippen molar-refractivity contribution < 1.29 is 14.3 Å². The number of hydrogen-bond donors (Lipinski definition) is 0. The van der Waals surface area contributed by atoms with Crippen molar-refractivity contribution in [3.05, 3.63) is 90.0 Å². The van der Waals surface area contributed by atoms with Gasteiger partial charge in [0.05, 0.1) is 17.9 Å². The van der Waals surface area contributed by atoms with E-state index in [1.165, 1.54) is 0 Å². The summed E-state index contributed by atoms with van der Waals surface area (Å²) in [4.78, 5) is 16.6. The normalized spacial score (nSPS) is 10.8. The number of rotatable bonds is 8. The Bertz CT molecular complexity index is 901. The molecule has 3 aromatic carbocycles. The number of aliphatic imine (C=N–C) groups is 1. The van der Waals surface area contributed by atoms with Crippen LogP contribution in [0.5, 0.6) is 11.5 Å². The van der Waals surface area contributed by atoms with Gasteiger partial charge in [-0.15, -0.1) is 0 Å². The van der Waals surface area contributed by atoms with Crippen LogP contribution in [-0.2, 0) is 0 Å². The Hall–Kier alpha value is -3.40. The molecule has 0 heterocycles. The van der Waals surface area contributed by atoms with Crippen LogP contribution >= 0.6 is 0 Å². The molecule has 142 valence electrons. The molecule has 0 radical (unpaired) electrons. The van der Waals surface area contributed by atoms with Crippen molar-refractivity contribution in [1.82, 2.24) is 0 Å². The zero-order chi connectivity index (χ0) is 19.6.